The van der Waals surface area contributed by atoms with Crippen LogP contribution in [0.5, 0.6) is 5.75 Å². The van der Waals surface area contributed by atoms with Crippen LogP contribution in [0.2, 0.25) is 0 Å². The van der Waals surface area contributed by atoms with E-state index in [4.69, 9.17) is 9.73 Å². The first kappa shape index (κ1) is 22.5. The van der Waals surface area contributed by atoms with Crippen molar-refractivity contribution < 1.29 is 9.53 Å². The van der Waals surface area contributed by atoms with Gasteiger partial charge >= 0.3 is 0 Å². The highest BCUT2D eigenvalue weighted by Gasteiger charge is 2.37. The lowest BCUT2D eigenvalue weighted by Crippen LogP contribution is -2.44. The molecule has 1 aromatic rings. The molecule has 3 aliphatic rings. The Bertz CT molecular complexity index is 965. The van der Waals surface area contributed by atoms with E-state index in [2.05, 4.69) is 55.0 Å². The molecule has 0 saturated carbocycles. The highest BCUT2D eigenvalue weighted by molar-refractivity contribution is 6.03. The number of aromatic nitrogens is 1. The van der Waals surface area contributed by atoms with Gasteiger partial charge in [0.25, 0.3) is 11.7 Å². The van der Waals surface area contributed by atoms with Gasteiger partial charge in [0.05, 0.1) is 12.2 Å². The normalized spacial score (nSPS) is 21.3. The summed E-state index contributed by atoms with van der Waals surface area (Å²) in [5, 5.41) is 0. The average molecular weight is 438 g/mol. The Morgan fingerprint density at radius 3 is 2.88 bits per heavy atom. The molecule has 7 heteroatoms. The molecule has 1 fully saturated rings. The molecule has 1 aromatic heterocycles. The summed E-state index contributed by atoms with van der Waals surface area (Å²) in [4.78, 5) is 29.5. The van der Waals surface area contributed by atoms with Gasteiger partial charge in [-0.1, -0.05) is 18.7 Å². The van der Waals surface area contributed by atoms with E-state index in [1.807, 2.05) is 24.0 Å². The minimum absolute atomic E-state index is 0.0306. The number of piperidine rings is 1. The molecule has 4 heterocycles. The molecule has 32 heavy (non-hydrogen) atoms. The van der Waals surface area contributed by atoms with Crippen molar-refractivity contribution in [1.29, 1.82) is 0 Å². The number of nitrogens with zero attached hydrogens (tertiary/aromatic N) is 5. The van der Waals surface area contributed by atoms with E-state index in [1.165, 1.54) is 0 Å². The van der Waals surface area contributed by atoms with E-state index in [-0.39, 0.29) is 11.9 Å². The highest BCUT2D eigenvalue weighted by atomic mass is 16.5. The molecule has 171 valence electrons. The second-order valence-corrected chi connectivity index (χ2v) is 9.59. The van der Waals surface area contributed by atoms with E-state index < -0.39 is 0 Å². The van der Waals surface area contributed by atoms with Crippen LogP contribution >= 0.6 is 0 Å². The van der Waals surface area contributed by atoms with Gasteiger partial charge in [-0.05, 0) is 51.2 Å². The quantitative estimate of drug-likeness (QED) is 0.631. The molecule has 3 aliphatic heterocycles. The van der Waals surface area contributed by atoms with Crippen LogP contribution in [0.3, 0.4) is 0 Å². The fourth-order valence-electron chi connectivity index (χ4n) is 4.59. The van der Waals surface area contributed by atoms with Crippen LogP contribution in [0.4, 0.5) is 0 Å². The summed E-state index contributed by atoms with van der Waals surface area (Å²) in [6.45, 7) is 10.3. The van der Waals surface area contributed by atoms with Crippen LogP contribution in [0.1, 0.15) is 62.6 Å². The summed E-state index contributed by atoms with van der Waals surface area (Å²) in [6, 6.07) is 3.91. The fourth-order valence-corrected chi connectivity index (χ4v) is 4.59. The standard InChI is InChI=1S/C25H35N5O2/c1-17(2)15-32-22-10-9-19(4)26-23(22)25(31)30-11-7-6-8-21(30)12-20-14-29-16-28(5)13-18(3)24(29)27-20/h9-10,13-14,17,21H,6-8,11-12,15-16H2,1-5H3/q+1/t21-/m0/s1. The summed E-state index contributed by atoms with van der Waals surface area (Å²) >= 11 is 0. The third-order valence-electron chi connectivity index (χ3n) is 6.07. The maximum atomic E-state index is 13.6. The van der Waals surface area contributed by atoms with Gasteiger partial charge in [-0.15, -0.1) is 0 Å². The predicted octanol–water partition coefficient (Wildman–Crippen LogP) is 4.01. The maximum Gasteiger partial charge on any atom is 0.288 e. The molecule has 4 rings (SSSR count). The first-order valence-electron chi connectivity index (χ1n) is 11.7. The monoisotopic (exact) mass is 437 g/mol. The highest BCUT2D eigenvalue weighted by Crippen LogP contribution is 2.30. The van der Waals surface area contributed by atoms with Gasteiger partial charge < -0.3 is 14.5 Å². The molecule has 1 radical (unpaired) electrons. The van der Waals surface area contributed by atoms with Gasteiger partial charge in [0, 0.05) is 37.9 Å². The fraction of sp³-hybridized carbons (Fsp3) is 0.560. The van der Waals surface area contributed by atoms with Crippen molar-refractivity contribution in [2.45, 2.75) is 59.4 Å². The van der Waals surface area contributed by atoms with Gasteiger partial charge in [-0.25, -0.2) is 4.98 Å². The van der Waals surface area contributed by atoms with E-state index in [0.29, 0.717) is 24.0 Å². The Morgan fingerprint density at radius 1 is 1.28 bits per heavy atom. The predicted molar refractivity (Wildman–Crippen MR) is 127 cm³/mol. The van der Waals surface area contributed by atoms with Crippen LogP contribution in [0, 0.1) is 12.8 Å². The lowest BCUT2D eigenvalue weighted by Gasteiger charge is -2.35. The third kappa shape index (κ3) is 4.88. The van der Waals surface area contributed by atoms with Crippen LogP contribution in [0.15, 0.2) is 40.8 Å². The number of carbonyl (C=O) groups excluding carboxylic acids is 1. The smallest absolute Gasteiger partial charge is 0.288 e. The van der Waals surface area contributed by atoms with Crippen molar-refractivity contribution in [3.63, 3.8) is 0 Å². The molecule has 0 N–H and O–H groups in total. The minimum atomic E-state index is -0.0306. The average Bonchev–Trinajstić information content (AvgIpc) is 3.15. The number of pyridine rings is 1. The number of rotatable bonds is 6. The van der Waals surface area contributed by atoms with Crippen molar-refractivity contribution in [1.82, 2.24) is 19.7 Å². The molecule has 0 unspecified atom stereocenters. The van der Waals surface area contributed by atoms with Crippen LogP contribution in [-0.4, -0.2) is 59.4 Å². The van der Waals surface area contributed by atoms with E-state index in [9.17, 15) is 4.79 Å². The van der Waals surface area contributed by atoms with Crippen molar-refractivity contribution in [2.24, 2.45) is 10.9 Å². The number of hydrogen-bond donors (Lipinski definition) is 0. The maximum absolute atomic E-state index is 13.6. The zero-order valence-electron chi connectivity index (χ0n) is 20.0. The molecule has 7 nitrogen and oxygen atoms in total. The van der Waals surface area contributed by atoms with Crippen LogP contribution in [-0.2, 0) is 0 Å². The van der Waals surface area contributed by atoms with E-state index in [0.717, 1.165) is 61.7 Å². The summed E-state index contributed by atoms with van der Waals surface area (Å²) in [6.07, 6.45) is 8.16. The number of aliphatic imine (C=N–C) groups is 1. The van der Waals surface area contributed by atoms with Crippen molar-refractivity contribution in [2.75, 3.05) is 26.9 Å². The number of amides is 1. The summed E-state index contributed by atoms with van der Waals surface area (Å²) in [5.41, 5.74) is 3.47. The van der Waals surface area contributed by atoms with Crippen molar-refractivity contribution in [3.05, 3.63) is 47.2 Å². The number of amidine groups is 1. The Morgan fingerprint density at radius 2 is 2.09 bits per heavy atom. The van der Waals surface area contributed by atoms with Crippen molar-refractivity contribution >= 4 is 11.7 Å². The Balaban J connectivity index is 1.54. The summed E-state index contributed by atoms with van der Waals surface area (Å²) in [7, 11) is 2.07. The first-order valence-corrected chi connectivity index (χ1v) is 11.7. The molecule has 0 aliphatic carbocycles. The molecule has 1 atom stereocenters. The number of fused-ring (bicyclic) bond motifs is 1. The number of ether oxygens (including phenoxy) is 1. The molecular formula is C25H35N5O2+. The lowest BCUT2D eigenvalue weighted by molar-refractivity contribution is 0.0601. The Hall–Kier alpha value is -2.67. The Kier molecular flexibility index (Phi) is 6.65. The topological polar surface area (TPSA) is 63.9 Å². The number of hydrogen-bond acceptors (Lipinski definition) is 6. The van der Waals surface area contributed by atoms with E-state index in [1.54, 1.807) is 0 Å². The minimum Gasteiger partial charge on any atom is -0.491 e. The van der Waals surface area contributed by atoms with Crippen LogP contribution in [0.25, 0.3) is 0 Å². The lowest BCUT2D eigenvalue weighted by atomic mass is 9.97. The molecule has 0 aromatic carbocycles. The van der Waals surface area contributed by atoms with Gasteiger partial charge in [-0.2, -0.15) is 4.99 Å². The van der Waals surface area contributed by atoms with Crippen LogP contribution < -0.4 is 9.64 Å². The molecule has 0 spiro atoms. The Labute approximate surface area is 191 Å². The largest absolute Gasteiger partial charge is 0.491 e. The van der Waals surface area contributed by atoms with Crippen molar-refractivity contribution in [3.8, 4) is 5.75 Å². The zero-order chi connectivity index (χ0) is 22.8. The van der Waals surface area contributed by atoms with Gasteiger partial charge in [-0.3, -0.25) is 4.79 Å². The molecule has 1 amide bonds. The zero-order valence-corrected chi connectivity index (χ0v) is 20.0. The SMILES string of the molecule is CC1=CN(C)C[N+]2C=C(C[C@@H]3CCCCN3C(=O)c3nc(C)ccc3OCC(C)C)N=C12. The van der Waals surface area contributed by atoms with Gasteiger partial charge in [0.2, 0.25) is 6.67 Å². The molecular weight excluding hydrogens is 402 g/mol. The second kappa shape index (κ2) is 9.45. The van der Waals surface area contributed by atoms with Gasteiger partial charge in [0.1, 0.15) is 5.70 Å². The first-order chi connectivity index (χ1) is 15.3. The number of likely N-dealkylation sites (tertiary alicyclic amines) is 1. The molecule has 0 bridgehead atoms. The summed E-state index contributed by atoms with van der Waals surface area (Å²) < 4.78 is 5.96. The number of aryl methyl sites for hydroxylation is 1. The van der Waals surface area contributed by atoms with Gasteiger partial charge in [0.15, 0.2) is 17.6 Å². The van der Waals surface area contributed by atoms with E-state index >= 15 is 0 Å². The molecule has 1 saturated heterocycles. The number of carbonyl (C=O) groups is 1. The second-order valence-electron chi connectivity index (χ2n) is 9.59. The third-order valence-corrected chi connectivity index (χ3v) is 6.07. The summed E-state index contributed by atoms with van der Waals surface area (Å²) in [5.74, 6) is 1.96.